The molecule has 2 N–H and O–H groups in total. The molecule has 9 heteroatoms. The molecule has 0 atom stereocenters. The zero-order valence-corrected chi connectivity index (χ0v) is 11.4. The molecule has 0 aromatic carbocycles. The number of piperidine rings is 1. The second-order valence-electron chi connectivity index (χ2n) is 4.97. The minimum atomic E-state index is -4.90. The van der Waals surface area contributed by atoms with Crippen LogP contribution in [0.25, 0.3) is 0 Å². The predicted molar refractivity (Wildman–Crippen MR) is 71.1 cm³/mol. The molecule has 0 saturated carbocycles. The van der Waals surface area contributed by atoms with Crippen LogP contribution in [0, 0.1) is 5.92 Å². The van der Waals surface area contributed by atoms with Gasteiger partial charge in [-0.25, -0.2) is 0 Å². The molecule has 1 aliphatic rings. The molecule has 0 spiro atoms. The maximum Gasteiger partial charge on any atom is 0.471 e. The second-order valence-corrected chi connectivity index (χ2v) is 4.97. The average molecular weight is 317 g/mol. The normalized spacial score (nSPS) is 16.4. The number of hydrogen-bond donors (Lipinski definition) is 2. The van der Waals surface area contributed by atoms with Gasteiger partial charge in [0.25, 0.3) is 5.56 Å². The summed E-state index contributed by atoms with van der Waals surface area (Å²) in [5.41, 5.74) is -0.373. The summed E-state index contributed by atoms with van der Waals surface area (Å²) >= 11 is 0. The Hall–Kier alpha value is -2.32. The van der Waals surface area contributed by atoms with Crippen molar-refractivity contribution in [2.75, 3.05) is 18.4 Å². The van der Waals surface area contributed by atoms with E-state index in [4.69, 9.17) is 0 Å². The van der Waals surface area contributed by atoms with Crippen LogP contribution in [0.4, 0.5) is 18.9 Å². The van der Waals surface area contributed by atoms with E-state index in [0.29, 0.717) is 4.90 Å². The number of amides is 2. The van der Waals surface area contributed by atoms with Gasteiger partial charge < -0.3 is 15.2 Å². The number of alkyl halides is 3. The quantitative estimate of drug-likeness (QED) is 0.857. The number of likely N-dealkylation sites (tertiary alicyclic amines) is 1. The minimum absolute atomic E-state index is 0.0845. The SMILES string of the molecule is O=C(Nc1ccc[nH]c1=O)C1CCN(C(=O)C(F)(F)F)CC1. The molecule has 2 amide bonds. The summed E-state index contributed by atoms with van der Waals surface area (Å²) in [4.78, 5) is 37.6. The molecular weight excluding hydrogens is 303 g/mol. The first kappa shape index (κ1) is 16.1. The van der Waals surface area contributed by atoms with Crippen LogP contribution in [0.3, 0.4) is 0 Å². The third-order valence-corrected chi connectivity index (χ3v) is 3.47. The first-order valence-electron chi connectivity index (χ1n) is 6.63. The number of nitrogens with zero attached hydrogens (tertiary/aromatic N) is 1. The third-order valence-electron chi connectivity index (χ3n) is 3.47. The molecule has 1 aliphatic heterocycles. The van der Waals surface area contributed by atoms with Crippen molar-refractivity contribution in [2.24, 2.45) is 5.92 Å². The van der Waals surface area contributed by atoms with Crippen molar-refractivity contribution in [3.8, 4) is 0 Å². The minimum Gasteiger partial charge on any atom is -0.335 e. The van der Waals surface area contributed by atoms with E-state index >= 15 is 0 Å². The van der Waals surface area contributed by atoms with Crippen LogP contribution in [-0.4, -0.2) is 41.0 Å². The van der Waals surface area contributed by atoms with Crippen molar-refractivity contribution in [1.82, 2.24) is 9.88 Å². The van der Waals surface area contributed by atoms with Gasteiger partial charge in [0.15, 0.2) is 0 Å². The fourth-order valence-corrected chi connectivity index (χ4v) is 2.28. The van der Waals surface area contributed by atoms with Crippen LogP contribution in [0.2, 0.25) is 0 Å². The number of carbonyl (C=O) groups is 2. The number of hydrogen-bond acceptors (Lipinski definition) is 3. The largest absolute Gasteiger partial charge is 0.471 e. The van der Waals surface area contributed by atoms with E-state index in [0.717, 1.165) is 0 Å². The summed E-state index contributed by atoms with van der Waals surface area (Å²) in [5, 5.41) is 2.45. The Kier molecular flexibility index (Phi) is 4.53. The number of rotatable bonds is 2. The molecule has 1 saturated heterocycles. The first-order chi connectivity index (χ1) is 10.3. The molecule has 1 aromatic rings. The molecule has 22 heavy (non-hydrogen) atoms. The number of aromatic amines is 1. The van der Waals surface area contributed by atoms with E-state index in [9.17, 15) is 27.6 Å². The van der Waals surface area contributed by atoms with Gasteiger partial charge in [0.05, 0.1) is 0 Å². The number of carbonyl (C=O) groups excluding carboxylic acids is 2. The number of halogens is 3. The van der Waals surface area contributed by atoms with Gasteiger partial charge in [0.2, 0.25) is 5.91 Å². The Balaban J connectivity index is 1.92. The van der Waals surface area contributed by atoms with Crippen LogP contribution < -0.4 is 10.9 Å². The van der Waals surface area contributed by atoms with Gasteiger partial charge in [-0.3, -0.25) is 14.4 Å². The summed E-state index contributed by atoms with van der Waals surface area (Å²) in [6.07, 6.45) is -3.23. The Bertz CT molecular complexity index is 619. The van der Waals surface area contributed by atoms with Gasteiger partial charge in [-0.05, 0) is 25.0 Å². The number of pyridine rings is 1. The van der Waals surface area contributed by atoms with Crippen LogP contribution in [-0.2, 0) is 9.59 Å². The first-order valence-corrected chi connectivity index (χ1v) is 6.63. The molecule has 2 rings (SSSR count). The van der Waals surface area contributed by atoms with Gasteiger partial charge in [0.1, 0.15) is 5.69 Å². The molecule has 6 nitrogen and oxygen atoms in total. The van der Waals surface area contributed by atoms with Gasteiger partial charge >= 0.3 is 12.1 Å². The fourth-order valence-electron chi connectivity index (χ4n) is 2.28. The van der Waals surface area contributed by atoms with Crippen molar-refractivity contribution >= 4 is 17.5 Å². The van der Waals surface area contributed by atoms with E-state index in [1.54, 1.807) is 6.07 Å². The topological polar surface area (TPSA) is 82.3 Å². The summed E-state index contributed by atoms with van der Waals surface area (Å²) in [5.74, 6) is -2.85. The van der Waals surface area contributed by atoms with E-state index in [1.165, 1.54) is 12.3 Å². The van der Waals surface area contributed by atoms with Gasteiger partial charge in [-0.1, -0.05) is 0 Å². The monoisotopic (exact) mass is 317 g/mol. The lowest BCUT2D eigenvalue weighted by atomic mass is 9.95. The lowest BCUT2D eigenvalue weighted by Gasteiger charge is -2.31. The molecule has 2 heterocycles. The molecule has 120 valence electrons. The average Bonchev–Trinajstić information content (AvgIpc) is 2.48. The zero-order valence-electron chi connectivity index (χ0n) is 11.4. The maximum atomic E-state index is 12.3. The van der Waals surface area contributed by atoms with Crippen LogP contribution in [0.5, 0.6) is 0 Å². The van der Waals surface area contributed by atoms with E-state index < -0.39 is 29.5 Å². The standard InChI is InChI=1S/C13H14F3N3O3/c14-13(15,16)12(22)19-6-3-8(4-7-19)10(20)18-9-2-1-5-17-11(9)21/h1-2,5,8H,3-4,6-7H2,(H,17,21)(H,18,20). The highest BCUT2D eigenvalue weighted by molar-refractivity contribution is 5.92. The van der Waals surface area contributed by atoms with Crippen molar-refractivity contribution in [2.45, 2.75) is 19.0 Å². The van der Waals surface area contributed by atoms with E-state index in [1.807, 2.05) is 0 Å². The summed E-state index contributed by atoms with van der Waals surface area (Å²) in [7, 11) is 0. The molecule has 0 radical (unpaired) electrons. The molecular formula is C13H14F3N3O3. The summed E-state index contributed by atoms with van der Waals surface area (Å²) in [6, 6.07) is 2.97. The highest BCUT2D eigenvalue weighted by Gasteiger charge is 2.43. The second kappa shape index (κ2) is 6.20. The molecule has 1 aromatic heterocycles. The zero-order chi connectivity index (χ0) is 16.3. The van der Waals surface area contributed by atoms with Gasteiger partial charge in [0, 0.05) is 25.2 Å². The molecule has 0 unspecified atom stereocenters. The van der Waals surface area contributed by atoms with Crippen LogP contribution >= 0.6 is 0 Å². The molecule has 0 bridgehead atoms. The smallest absolute Gasteiger partial charge is 0.335 e. The third kappa shape index (κ3) is 3.66. The number of H-pyrrole nitrogens is 1. The number of anilines is 1. The highest BCUT2D eigenvalue weighted by Crippen LogP contribution is 2.24. The van der Waals surface area contributed by atoms with E-state index in [2.05, 4.69) is 10.3 Å². The van der Waals surface area contributed by atoms with Crippen molar-refractivity contribution in [3.63, 3.8) is 0 Å². The number of nitrogens with one attached hydrogen (secondary N) is 2. The molecule has 0 aliphatic carbocycles. The Morgan fingerprint density at radius 2 is 1.91 bits per heavy atom. The predicted octanol–water partition coefficient (Wildman–Crippen LogP) is 1.11. The Morgan fingerprint density at radius 3 is 2.45 bits per heavy atom. The van der Waals surface area contributed by atoms with E-state index in [-0.39, 0.29) is 31.6 Å². The van der Waals surface area contributed by atoms with Crippen LogP contribution in [0.1, 0.15) is 12.8 Å². The lowest BCUT2D eigenvalue weighted by molar-refractivity contribution is -0.186. The Labute approximate surface area is 123 Å². The van der Waals surface area contributed by atoms with Crippen molar-refractivity contribution in [3.05, 3.63) is 28.7 Å². The summed E-state index contributed by atoms with van der Waals surface area (Å²) < 4.78 is 36.9. The van der Waals surface area contributed by atoms with Crippen molar-refractivity contribution in [1.29, 1.82) is 0 Å². The Morgan fingerprint density at radius 1 is 1.27 bits per heavy atom. The van der Waals surface area contributed by atoms with Crippen molar-refractivity contribution < 1.29 is 22.8 Å². The van der Waals surface area contributed by atoms with Gasteiger partial charge in [-0.15, -0.1) is 0 Å². The summed E-state index contributed by atoms with van der Waals surface area (Å²) in [6.45, 7) is -0.275. The maximum absolute atomic E-state index is 12.3. The fraction of sp³-hybridized carbons (Fsp3) is 0.462. The van der Waals surface area contributed by atoms with Crippen LogP contribution in [0.15, 0.2) is 23.1 Å². The van der Waals surface area contributed by atoms with Gasteiger partial charge in [-0.2, -0.15) is 13.2 Å². The number of aromatic nitrogens is 1. The molecule has 1 fully saturated rings. The highest BCUT2D eigenvalue weighted by atomic mass is 19.4. The lowest BCUT2D eigenvalue weighted by Crippen LogP contribution is -2.47.